The molecule has 1 atom stereocenters. The SMILES string of the molecule is CC(N)(C(=O)NCC#N)C12CC3CC(CC(C3)C1)C2. The van der Waals surface area contributed by atoms with Crippen LogP contribution in [0.4, 0.5) is 0 Å². The minimum Gasteiger partial charge on any atom is -0.341 e. The first-order chi connectivity index (χ1) is 8.97. The molecule has 4 heteroatoms. The molecule has 0 aromatic rings. The first kappa shape index (κ1) is 12.9. The Bertz CT molecular complexity index is 400. The van der Waals surface area contributed by atoms with Gasteiger partial charge < -0.3 is 11.1 Å². The molecule has 0 aromatic heterocycles. The third kappa shape index (κ3) is 1.87. The molecule has 0 radical (unpaired) electrons. The van der Waals surface area contributed by atoms with Crippen LogP contribution in [0.5, 0.6) is 0 Å². The molecule has 4 rings (SSSR count). The van der Waals surface area contributed by atoms with Crippen molar-refractivity contribution < 1.29 is 4.79 Å². The molecule has 104 valence electrons. The Kier molecular flexibility index (Phi) is 2.86. The van der Waals surface area contributed by atoms with Crippen LogP contribution in [-0.4, -0.2) is 18.0 Å². The zero-order chi connectivity index (χ0) is 13.7. The molecule has 4 bridgehead atoms. The smallest absolute Gasteiger partial charge is 0.241 e. The summed E-state index contributed by atoms with van der Waals surface area (Å²) in [5.74, 6) is 2.18. The maximum atomic E-state index is 12.4. The zero-order valence-corrected chi connectivity index (χ0v) is 11.6. The number of hydrogen-bond acceptors (Lipinski definition) is 3. The quantitative estimate of drug-likeness (QED) is 0.757. The highest BCUT2D eigenvalue weighted by atomic mass is 16.2. The zero-order valence-electron chi connectivity index (χ0n) is 11.6. The molecule has 0 saturated heterocycles. The van der Waals surface area contributed by atoms with Gasteiger partial charge in [-0.2, -0.15) is 5.26 Å². The number of nitriles is 1. The van der Waals surface area contributed by atoms with E-state index in [9.17, 15) is 4.79 Å². The number of rotatable bonds is 3. The standard InChI is InChI=1S/C15H23N3O/c1-14(17,13(19)18-3-2-16)15-7-10-4-11(8-15)6-12(5-10)9-15/h10-12H,3-9,17H2,1H3,(H,18,19). The lowest BCUT2D eigenvalue weighted by Crippen LogP contribution is -2.67. The molecular formula is C15H23N3O. The van der Waals surface area contributed by atoms with Crippen molar-refractivity contribution in [3.8, 4) is 6.07 Å². The van der Waals surface area contributed by atoms with E-state index in [2.05, 4.69) is 5.32 Å². The third-order valence-corrected chi connectivity index (χ3v) is 5.94. The molecule has 4 saturated carbocycles. The monoisotopic (exact) mass is 261 g/mol. The maximum absolute atomic E-state index is 12.4. The second-order valence-corrected chi connectivity index (χ2v) is 7.24. The fraction of sp³-hybridized carbons (Fsp3) is 0.867. The Labute approximate surface area is 114 Å². The average Bonchev–Trinajstić information content (AvgIpc) is 2.34. The number of carbonyl (C=O) groups is 1. The van der Waals surface area contributed by atoms with Crippen molar-refractivity contribution >= 4 is 5.91 Å². The van der Waals surface area contributed by atoms with E-state index in [-0.39, 0.29) is 17.9 Å². The second-order valence-electron chi connectivity index (χ2n) is 7.24. The Morgan fingerprint density at radius 3 is 2.21 bits per heavy atom. The van der Waals surface area contributed by atoms with Gasteiger partial charge in [-0.25, -0.2) is 0 Å². The Balaban J connectivity index is 1.84. The van der Waals surface area contributed by atoms with Crippen molar-refractivity contribution in [1.82, 2.24) is 5.32 Å². The Hall–Kier alpha value is -1.08. The highest BCUT2D eigenvalue weighted by Crippen LogP contribution is 2.63. The van der Waals surface area contributed by atoms with Gasteiger partial charge in [0.05, 0.1) is 11.6 Å². The number of nitrogens with zero attached hydrogens (tertiary/aromatic N) is 1. The van der Waals surface area contributed by atoms with E-state index in [1.54, 1.807) is 0 Å². The first-order valence-electron chi connectivity index (χ1n) is 7.41. The van der Waals surface area contributed by atoms with Gasteiger partial charge in [-0.3, -0.25) is 4.79 Å². The fourth-order valence-corrected chi connectivity index (χ4v) is 5.29. The summed E-state index contributed by atoms with van der Waals surface area (Å²) in [5.41, 5.74) is 5.62. The molecule has 0 aromatic carbocycles. The van der Waals surface area contributed by atoms with Crippen LogP contribution >= 0.6 is 0 Å². The van der Waals surface area contributed by atoms with Crippen molar-refractivity contribution in [3.63, 3.8) is 0 Å². The first-order valence-corrected chi connectivity index (χ1v) is 7.41. The van der Waals surface area contributed by atoms with Gasteiger partial charge in [-0.05, 0) is 68.6 Å². The molecule has 1 unspecified atom stereocenters. The number of amides is 1. The molecule has 1 amide bonds. The molecule has 4 fully saturated rings. The predicted octanol–water partition coefficient (Wildman–Crippen LogP) is 1.56. The summed E-state index contributed by atoms with van der Waals surface area (Å²) in [4.78, 5) is 12.4. The highest BCUT2D eigenvalue weighted by molar-refractivity contribution is 5.87. The predicted molar refractivity (Wildman–Crippen MR) is 71.8 cm³/mol. The Morgan fingerprint density at radius 2 is 1.79 bits per heavy atom. The lowest BCUT2D eigenvalue weighted by molar-refractivity contribution is -0.143. The summed E-state index contributed by atoms with van der Waals surface area (Å²) in [6.07, 6.45) is 7.34. The maximum Gasteiger partial charge on any atom is 0.241 e. The normalized spacial score (nSPS) is 42.5. The molecule has 0 aliphatic heterocycles. The van der Waals surface area contributed by atoms with Crippen molar-refractivity contribution in [2.75, 3.05) is 6.54 Å². The van der Waals surface area contributed by atoms with Gasteiger partial charge in [0.1, 0.15) is 6.54 Å². The Morgan fingerprint density at radius 1 is 1.32 bits per heavy atom. The van der Waals surface area contributed by atoms with E-state index >= 15 is 0 Å². The number of carbonyl (C=O) groups excluding carboxylic acids is 1. The van der Waals surface area contributed by atoms with Crippen LogP contribution in [0.2, 0.25) is 0 Å². The van der Waals surface area contributed by atoms with Crippen LogP contribution in [0, 0.1) is 34.5 Å². The van der Waals surface area contributed by atoms with Gasteiger partial charge >= 0.3 is 0 Å². The molecule has 19 heavy (non-hydrogen) atoms. The van der Waals surface area contributed by atoms with Crippen LogP contribution in [-0.2, 0) is 4.79 Å². The summed E-state index contributed by atoms with van der Waals surface area (Å²) in [6.45, 7) is 1.94. The lowest BCUT2D eigenvalue weighted by atomic mass is 9.45. The number of nitrogens with two attached hydrogens (primary N) is 1. The molecule has 0 spiro atoms. The van der Waals surface area contributed by atoms with E-state index in [1.807, 2.05) is 13.0 Å². The molecule has 4 aliphatic rings. The number of hydrogen-bond donors (Lipinski definition) is 2. The van der Waals surface area contributed by atoms with E-state index in [0.29, 0.717) is 0 Å². The van der Waals surface area contributed by atoms with Crippen LogP contribution < -0.4 is 11.1 Å². The van der Waals surface area contributed by atoms with Gasteiger partial charge in [-0.1, -0.05) is 0 Å². The van der Waals surface area contributed by atoms with Crippen LogP contribution in [0.25, 0.3) is 0 Å². The highest BCUT2D eigenvalue weighted by Gasteiger charge is 2.59. The largest absolute Gasteiger partial charge is 0.341 e. The summed E-state index contributed by atoms with van der Waals surface area (Å²) in [7, 11) is 0. The lowest BCUT2D eigenvalue weighted by Gasteiger charge is -2.61. The van der Waals surface area contributed by atoms with Crippen LogP contribution in [0.1, 0.15) is 45.4 Å². The average molecular weight is 261 g/mol. The van der Waals surface area contributed by atoms with E-state index in [4.69, 9.17) is 11.0 Å². The summed E-state index contributed by atoms with van der Waals surface area (Å²) in [5, 5.41) is 11.3. The van der Waals surface area contributed by atoms with Gasteiger partial charge in [0.2, 0.25) is 5.91 Å². The van der Waals surface area contributed by atoms with Crippen molar-refractivity contribution in [2.24, 2.45) is 28.9 Å². The van der Waals surface area contributed by atoms with Crippen molar-refractivity contribution in [3.05, 3.63) is 0 Å². The van der Waals surface area contributed by atoms with E-state index in [0.717, 1.165) is 37.0 Å². The van der Waals surface area contributed by atoms with Gasteiger partial charge in [0.15, 0.2) is 0 Å². The number of nitrogens with one attached hydrogen (secondary N) is 1. The van der Waals surface area contributed by atoms with Crippen molar-refractivity contribution in [2.45, 2.75) is 51.0 Å². The summed E-state index contributed by atoms with van der Waals surface area (Å²) in [6, 6.07) is 1.96. The molecular weight excluding hydrogens is 238 g/mol. The minimum absolute atomic E-state index is 0.0265. The molecule has 4 aliphatic carbocycles. The van der Waals surface area contributed by atoms with E-state index in [1.165, 1.54) is 19.3 Å². The summed E-state index contributed by atoms with van der Waals surface area (Å²) >= 11 is 0. The third-order valence-electron chi connectivity index (χ3n) is 5.94. The minimum atomic E-state index is -0.833. The second kappa shape index (κ2) is 4.21. The molecule has 0 heterocycles. The van der Waals surface area contributed by atoms with Crippen LogP contribution in [0.15, 0.2) is 0 Å². The van der Waals surface area contributed by atoms with E-state index < -0.39 is 5.54 Å². The van der Waals surface area contributed by atoms with Crippen LogP contribution in [0.3, 0.4) is 0 Å². The van der Waals surface area contributed by atoms with Gasteiger partial charge in [0.25, 0.3) is 0 Å². The van der Waals surface area contributed by atoms with Gasteiger partial charge in [-0.15, -0.1) is 0 Å². The molecule has 3 N–H and O–H groups in total. The fourth-order valence-electron chi connectivity index (χ4n) is 5.29. The topological polar surface area (TPSA) is 78.9 Å². The van der Waals surface area contributed by atoms with Crippen molar-refractivity contribution in [1.29, 1.82) is 5.26 Å². The van der Waals surface area contributed by atoms with Gasteiger partial charge in [0, 0.05) is 0 Å². The summed E-state index contributed by atoms with van der Waals surface area (Å²) < 4.78 is 0. The molecule has 4 nitrogen and oxygen atoms in total.